The van der Waals surface area contributed by atoms with E-state index in [1.165, 1.54) is 0 Å². The molecular formula is C6H11O3. The average Bonchev–Trinajstić information content (AvgIpc) is 1.80. The molecule has 0 saturated carbocycles. The zero-order valence-corrected chi connectivity index (χ0v) is 5.55. The summed E-state index contributed by atoms with van der Waals surface area (Å²) in [5, 5.41) is 9.63. The fourth-order valence-corrected chi connectivity index (χ4v) is 0.508. The second-order valence-electron chi connectivity index (χ2n) is 1.81. The molecule has 0 heterocycles. The number of ether oxygens (including phenoxy) is 1. The number of unbranched alkanes of at least 4 members (excludes halogenated alkanes) is 2. The number of hydrogen-bond donors (Lipinski definition) is 0. The summed E-state index contributed by atoms with van der Waals surface area (Å²) in [6.45, 7) is 2.31. The molecule has 0 aliphatic heterocycles. The van der Waals surface area contributed by atoms with Crippen LogP contribution in [0.2, 0.25) is 0 Å². The summed E-state index contributed by atoms with van der Waals surface area (Å²) in [7, 11) is 0. The van der Waals surface area contributed by atoms with E-state index in [1.54, 1.807) is 0 Å². The molecule has 1 radical (unpaired) electrons. The van der Waals surface area contributed by atoms with E-state index in [1.807, 2.05) is 6.92 Å². The topological polar surface area (TPSA) is 46.2 Å². The SMILES string of the molecule is CCCCCOC([O])=O. The molecule has 0 unspecified atom stereocenters. The molecule has 9 heavy (non-hydrogen) atoms. The highest BCUT2D eigenvalue weighted by molar-refractivity contribution is 5.56. The van der Waals surface area contributed by atoms with E-state index in [2.05, 4.69) is 4.74 Å². The summed E-state index contributed by atoms with van der Waals surface area (Å²) in [4.78, 5) is 9.63. The Hall–Kier alpha value is -0.730. The third-order valence-electron chi connectivity index (χ3n) is 0.968. The maximum absolute atomic E-state index is 9.63. The van der Waals surface area contributed by atoms with Gasteiger partial charge < -0.3 is 4.74 Å². The predicted molar refractivity (Wildman–Crippen MR) is 31.6 cm³/mol. The minimum Gasteiger partial charge on any atom is -0.432 e. The first-order valence-corrected chi connectivity index (χ1v) is 3.11. The lowest BCUT2D eigenvalue weighted by molar-refractivity contribution is 0.0665. The lowest BCUT2D eigenvalue weighted by Gasteiger charge is -1.95. The molecule has 0 N–H and O–H groups in total. The molecule has 0 fully saturated rings. The van der Waals surface area contributed by atoms with Crippen LogP contribution in [0.25, 0.3) is 0 Å². The minimum atomic E-state index is -1.42. The van der Waals surface area contributed by atoms with Gasteiger partial charge in [0.15, 0.2) is 0 Å². The Bertz CT molecular complexity index is 80.4. The molecule has 0 bridgehead atoms. The van der Waals surface area contributed by atoms with Crippen molar-refractivity contribution in [2.24, 2.45) is 0 Å². The monoisotopic (exact) mass is 131 g/mol. The zero-order valence-electron chi connectivity index (χ0n) is 5.55. The molecular weight excluding hydrogens is 120 g/mol. The van der Waals surface area contributed by atoms with Gasteiger partial charge in [0.05, 0.1) is 6.61 Å². The Morgan fingerprint density at radius 2 is 2.11 bits per heavy atom. The summed E-state index contributed by atoms with van der Waals surface area (Å²) in [5.74, 6) is 0. The first kappa shape index (κ1) is 8.27. The highest BCUT2D eigenvalue weighted by atomic mass is 16.7. The Labute approximate surface area is 54.6 Å². The Balaban J connectivity index is 2.83. The van der Waals surface area contributed by atoms with Crippen LogP contribution in [0.4, 0.5) is 4.79 Å². The van der Waals surface area contributed by atoms with Crippen molar-refractivity contribution < 1.29 is 14.6 Å². The Kier molecular flexibility index (Phi) is 4.97. The third-order valence-corrected chi connectivity index (χ3v) is 0.968. The van der Waals surface area contributed by atoms with Crippen LogP contribution in [0.15, 0.2) is 0 Å². The van der Waals surface area contributed by atoms with Gasteiger partial charge >= 0.3 is 6.16 Å². The molecule has 3 heteroatoms. The van der Waals surface area contributed by atoms with Crippen molar-refractivity contribution in [2.75, 3.05) is 6.61 Å². The maximum Gasteiger partial charge on any atom is 0.549 e. The van der Waals surface area contributed by atoms with Gasteiger partial charge in [-0.2, -0.15) is 9.90 Å². The van der Waals surface area contributed by atoms with Crippen molar-refractivity contribution in [3.8, 4) is 0 Å². The van der Waals surface area contributed by atoms with Crippen molar-refractivity contribution in [1.82, 2.24) is 0 Å². The molecule has 0 aromatic heterocycles. The van der Waals surface area contributed by atoms with E-state index in [0.717, 1.165) is 19.3 Å². The molecule has 0 atom stereocenters. The van der Waals surface area contributed by atoms with Gasteiger partial charge in [-0.05, 0) is 6.42 Å². The van der Waals surface area contributed by atoms with Gasteiger partial charge in [0, 0.05) is 0 Å². The summed E-state index contributed by atoms with van der Waals surface area (Å²) in [5.41, 5.74) is 0. The fraction of sp³-hybridized carbons (Fsp3) is 0.833. The lowest BCUT2D eigenvalue weighted by atomic mass is 10.3. The zero-order chi connectivity index (χ0) is 7.11. The van der Waals surface area contributed by atoms with Gasteiger partial charge in [-0.25, -0.2) is 0 Å². The van der Waals surface area contributed by atoms with Crippen LogP contribution in [0.5, 0.6) is 0 Å². The van der Waals surface area contributed by atoms with Gasteiger partial charge in [-0.15, -0.1) is 0 Å². The third kappa shape index (κ3) is 7.27. The van der Waals surface area contributed by atoms with E-state index >= 15 is 0 Å². The predicted octanol–water partition coefficient (Wildman–Crippen LogP) is 1.74. The van der Waals surface area contributed by atoms with Gasteiger partial charge in [-0.3, -0.25) is 0 Å². The number of carbonyl (C=O) groups is 1. The molecule has 0 aliphatic rings. The normalized spacial score (nSPS) is 9.00. The van der Waals surface area contributed by atoms with E-state index in [9.17, 15) is 9.90 Å². The second kappa shape index (κ2) is 5.41. The van der Waals surface area contributed by atoms with Crippen molar-refractivity contribution in [3.05, 3.63) is 0 Å². The highest BCUT2D eigenvalue weighted by Gasteiger charge is 1.96. The summed E-state index contributed by atoms with van der Waals surface area (Å²) in [6, 6.07) is 0. The van der Waals surface area contributed by atoms with Crippen LogP contribution < -0.4 is 0 Å². The van der Waals surface area contributed by atoms with E-state index < -0.39 is 6.16 Å². The number of rotatable bonds is 4. The smallest absolute Gasteiger partial charge is 0.432 e. The van der Waals surface area contributed by atoms with Gasteiger partial charge in [0.25, 0.3) is 0 Å². The molecule has 3 nitrogen and oxygen atoms in total. The quantitative estimate of drug-likeness (QED) is 0.431. The van der Waals surface area contributed by atoms with E-state index in [4.69, 9.17) is 0 Å². The summed E-state index contributed by atoms with van der Waals surface area (Å²) >= 11 is 0. The van der Waals surface area contributed by atoms with Crippen molar-refractivity contribution in [3.63, 3.8) is 0 Å². The first-order chi connectivity index (χ1) is 4.27. The highest BCUT2D eigenvalue weighted by Crippen LogP contribution is 1.93. The van der Waals surface area contributed by atoms with Gasteiger partial charge in [0.2, 0.25) is 0 Å². The number of carbonyl (C=O) groups excluding carboxylic acids is 1. The molecule has 0 aromatic carbocycles. The van der Waals surface area contributed by atoms with E-state index in [0.29, 0.717) is 0 Å². The Morgan fingerprint density at radius 1 is 1.44 bits per heavy atom. The van der Waals surface area contributed by atoms with Crippen LogP contribution in [0.3, 0.4) is 0 Å². The van der Waals surface area contributed by atoms with Crippen LogP contribution in [0, 0.1) is 0 Å². The molecule has 0 aromatic rings. The molecule has 0 amide bonds. The first-order valence-electron chi connectivity index (χ1n) is 3.11. The van der Waals surface area contributed by atoms with Crippen molar-refractivity contribution in [2.45, 2.75) is 26.2 Å². The maximum atomic E-state index is 9.63. The average molecular weight is 131 g/mol. The lowest BCUT2D eigenvalue weighted by Crippen LogP contribution is -1.99. The van der Waals surface area contributed by atoms with Gasteiger partial charge in [0.1, 0.15) is 0 Å². The summed E-state index contributed by atoms with van der Waals surface area (Å²) < 4.78 is 4.15. The van der Waals surface area contributed by atoms with Crippen LogP contribution in [0.1, 0.15) is 26.2 Å². The second-order valence-corrected chi connectivity index (χ2v) is 1.81. The Morgan fingerprint density at radius 3 is 2.56 bits per heavy atom. The standard InChI is InChI=1S/C6H11O3/c1-2-3-4-5-9-6(7)8/h2-5H2,1H3. The molecule has 0 rings (SSSR count). The van der Waals surface area contributed by atoms with Gasteiger partial charge in [-0.1, -0.05) is 19.8 Å². The number of hydrogen-bond acceptors (Lipinski definition) is 2. The van der Waals surface area contributed by atoms with E-state index in [-0.39, 0.29) is 6.61 Å². The van der Waals surface area contributed by atoms with Crippen LogP contribution in [-0.2, 0) is 9.84 Å². The largest absolute Gasteiger partial charge is 0.549 e. The minimum absolute atomic E-state index is 0.274. The molecule has 0 saturated heterocycles. The molecule has 0 spiro atoms. The van der Waals surface area contributed by atoms with Crippen molar-refractivity contribution in [1.29, 1.82) is 0 Å². The molecule has 53 valence electrons. The van der Waals surface area contributed by atoms with Crippen LogP contribution >= 0.6 is 0 Å². The van der Waals surface area contributed by atoms with Crippen molar-refractivity contribution >= 4 is 6.16 Å². The molecule has 0 aliphatic carbocycles. The van der Waals surface area contributed by atoms with Crippen LogP contribution in [-0.4, -0.2) is 12.8 Å². The summed E-state index contributed by atoms with van der Waals surface area (Å²) in [6.07, 6.45) is 1.44. The fourth-order valence-electron chi connectivity index (χ4n) is 0.508.